The Hall–Kier alpha value is -1.66. The first-order valence-corrected chi connectivity index (χ1v) is 5.54. The normalized spacial score (nSPS) is 10.1. The van der Waals surface area contributed by atoms with Gasteiger partial charge in [-0.25, -0.2) is 4.39 Å². The van der Waals surface area contributed by atoms with E-state index in [0.717, 1.165) is 6.07 Å². The zero-order valence-electron chi connectivity index (χ0n) is 9.37. The molecule has 0 atom stereocenters. The number of carboxylic acids is 1. The smallest absolute Gasteiger partial charge is 0.304 e. The molecule has 1 rings (SSSR count). The molecule has 0 radical (unpaired) electrons. The van der Waals surface area contributed by atoms with Crippen molar-refractivity contribution in [3.63, 3.8) is 0 Å². The molecule has 5 nitrogen and oxygen atoms in total. The van der Waals surface area contributed by atoms with Crippen molar-refractivity contribution < 1.29 is 19.1 Å². The maximum absolute atomic E-state index is 12.8. The fourth-order valence-electron chi connectivity index (χ4n) is 1.18. The summed E-state index contributed by atoms with van der Waals surface area (Å²) < 4.78 is 12.8. The van der Waals surface area contributed by atoms with Gasteiger partial charge in [-0.1, -0.05) is 11.6 Å². The molecule has 0 saturated heterocycles. The highest BCUT2D eigenvalue weighted by Gasteiger charge is 2.05. The van der Waals surface area contributed by atoms with Gasteiger partial charge in [0.05, 0.1) is 18.0 Å². The molecule has 7 heteroatoms. The lowest BCUT2D eigenvalue weighted by atomic mass is 10.3. The number of aliphatic carboxylic acids is 1. The molecule has 3 N–H and O–H groups in total. The topological polar surface area (TPSA) is 78.4 Å². The van der Waals surface area contributed by atoms with Crippen LogP contribution in [0.15, 0.2) is 18.2 Å². The summed E-state index contributed by atoms with van der Waals surface area (Å²) in [6.45, 7) is 0.176. The second-order valence-corrected chi connectivity index (χ2v) is 3.90. The Kier molecular flexibility index (Phi) is 5.54. The number of anilines is 1. The molecule has 0 heterocycles. The lowest BCUT2D eigenvalue weighted by Gasteiger charge is -2.06. The summed E-state index contributed by atoms with van der Waals surface area (Å²) >= 11 is 5.55. The number of nitrogens with one attached hydrogen (secondary N) is 2. The molecule has 0 fully saturated rings. The second-order valence-electron chi connectivity index (χ2n) is 3.50. The summed E-state index contributed by atoms with van der Waals surface area (Å²) in [7, 11) is 0. The Morgan fingerprint density at radius 1 is 1.39 bits per heavy atom. The van der Waals surface area contributed by atoms with Crippen molar-refractivity contribution >= 4 is 29.2 Å². The Morgan fingerprint density at radius 2 is 2.11 bits per heavy atom. The number of hydrogen-bond donors (Lipinski definition) is 3. The Balaban J connectivity index is 2.35. The largest absolute Gasteiger partial charge is 0.481 e. The summed E-state index contributed by atoms with van der Waals surface area (Å²) in [4.78, 5) is 21.6. The highest BCUT2D eigenvalue weighted by atomic mass is 35.5. The highest BCUT2D eigenvalue weighted by Crippen LogP contribution is 2.19. The van der Waals surface area contributed by atoms with E-state index in [0.29, 0.717) is 5.69 Å². The van der Waals surface area contributed by atoms with Crippen molar-refractivity contribution in [2.75, 3.05) is 18.4 Å². The monoisotopic (exact) mass is 274 g/mol. The molecule has 98 valence electrons. The molecule has 0 aliphatic carbocycles. The first-order chi connectivity index (χ1) is 8.49. The average Bonchev–Trinajstić information content (AvgIpc) is 2.29. The van der Waals surface area contributed by atoms with Gasteiger partial charge in [-0.15, -0.1) is 0 Å². The van der Waals surface area contributed by atoms with Crippen LogP contribution in [0.4, 0.5) is 10.1 Å². The molecule has 0 aromatic heterocycles. The summed E-state index contributed by atoms with van der Waals surface area (Å²) in [5.41, 5.74) is 0.381. The van der Waals surface area contributed by atoms with Gasteiger partial charge in [0.1, 0.15) is 5.82 Å². The van der Waals surface area contributed by atoms with Crippen LogP contribution >= 0.6 is 11.6 Å². The number of carboxylic acid groups (broad SMARTS) is 1. The number of rotatable bonds is 6. The molecule has 1 aromatic rings. The number of carbonyl (C=O) groups excluding carboxylic acids is 1. The third kappa shape index (κ3) is 5.11. The maximum atomic E-state index is 12.8. The minimum absolute atomic E-state index is 0.0255. The van der Waals surface area contributed by atoms with Gasteiger partial charge in [0.25, 0.3) is 0 Å². The Morgan fingerprint density at radius 3 is 2.72 bits per heavy atom. The second kappa shape index (κ2) is 6.93. The standard InChI is InChI=1S/C11H12ClFN2O3/c12-8-5-7(1-2-9(8)13)15-10(16)6-14-4-3-11(17)18/h1-2,5,14H,3-4,6H2,(H,15,16)(H,17,18). The Bertz CT molecular complexity index is 454. The van der Waals surface area contributed by atoms with Crippen LogP contribution < -0.4 is 10.6 Å². The van der Waals surface area contributed by atoms with E-state index < -0.39 is 11.8 Å². The minimum atomic E-state index is -0.937. The lowest BCUT2D eigenvalue weighted by Crippen LogP contribution is -2.29. The molecule has 18 heavy (non-hydrogen) atoms. The summed E-state index contributed by atoms with van der Waals surface area (Å²) in [6.07, 6.45) is -0.0599. The van der Waals surface area contributed by atoms with E-state index in [1.54, 1.807) is 0 Å². The van der Waals surface area contributed by atoms with Crippen molar-refractivity contribution in [3.05, 3.63) is 29.0 Å². The third-order valence-electron chi connectivity index (χ3n) is 2.00. The molecule has 0 saturated carbocycles. The SMILES string of the molecule is O=C(O)CCNCC(=O)Nc1ccc(F)c(Cl)c1. The number of carbonyl (C=O) groups is 2. The molecular weight excluding hydrogens is 263 g/mol. The first-order valence-electron chi connectivity index (χ1n) is 5.16. The van der Waals surface area contributed by atoms with E-state index in [-0.39, 0.29) is 30.4 Å². The molecule has 0 spiro atoms. The zero-order chi connectivity index (χ0) is 13.5. The molecule has 1 aromatic carbocycles. The van der Waals surface area contributed by atoms with Crippen LogP contribution in [0, 0.1) is 5.82 Å². The quantitative estimate of drug-likeness (QED) is 0.687. The first kappa shape index (κ1) is 14.4. The van der Waals surface area contributed by atoms with E-state index in [2.05, 4.69) is 10.6 Å². The van der Waals surface area contributed by atoms with Gasteiger partial charge in [0.15, 0.2) is 0 Å². The molecule has 1 amide bonds. The summed E-state index contributed by atoms with van der Waals surface area (Å²) in [6, 6.07) is 3.83. The van der Waals surface area contributed by atoms with Crippen molar-refractivity contribution in [1.29, 1.82) is 0 Å². The van der Waals surface area contributed by atoms with Gasteiger partial charge in [0.2, 0.25) is 5.91 Å². The van der Waals surface area contributed by atoms with Crippen molar-refractivity contribution in [1.82, 2.24) is 5.32 Å². The van der Waals surface area contributed by atoms with E-state index in [9.17, 15) is 14.0 Å². The minimum Gasteiger partial charge on any atom is -0.481 e. The molecule has 0 aliphatic rings. The van der Waals surface area contributed by atoms with Gasteiger partial charge in [-0.05, 0) is 18.2 Å². The van der Waals surface area contributed by atoms with Crippen LogP contribution in [-0.4, -0.2) is 30.1 Å². The van der Waals surface area contributed by atoms with E-state index in [4.69, 9.17) is 16.7 Å². The van der Waals surface area contributed by atoms with E-state index in [1.165, 1.54) is 12.1 Å². The number of amides is 1. The average molecular weight is 275 g/mol. The summed E-state index contributed by atoms with van der Waals surface area (Å²) in [5.74, 6) is -1.86. The number of halogens is 2. The van der Waals surface area contributed by atoms with Crippen LogP contribution in [0.2, 0.25) is 5.02 Å². The highest BCUT2D eigenvalue weighted by molar-refractivity contribution is 6.31. The predicted molar refractivity (Wildman–Crippen MR) is 65.2 cm³/mol. The lowest BCUT2D eigenvalue weighted by molar-refractivity contribution is -0.137. The molecular formula is C11H12ClFN2O3. The fraction of sp³-hybridized carbons (Fsp3) is 0.273. The van der Waals surface area contributed by atoms with Crippen molar-refractivity contribution in [3.8, 4) is 0 Å². The van der Waals surface area contributed by atoms with Crippen LogP contribution in [0.25, 0.3) is 0 Å². The number of hydrogen-bond acceptors (Lipinski definition) is 3. The van der Waals surface area contributed by atoms with Crippen molar-refractivity contribution in [2.45, 2.75) is 6.42 Å². The molecule has 0 aliphatic heterocycles. The van der Waals surface area contributed by atoms with Gasteiger partial charge in [0, 0.05) is 12.2 Å². The van der Waals surface area contributed by atoms with Gasteiger partial charge >= 0.3 is 5.97 Å². The third-order valence-corrected chi connectivity index (χ3v) is 2.29. The van der Waals surface area contributed by atoms with Crippen molar-refractivity contribution in [2.24, 2.45) is 0 Å². The molecule has 0 bridgehead atoms. The Labute approximate surface area is 108 Å². The van der Waals surface area contributed by atoms with Crippen LogP contribution in [0.1, 0.15) is 6.42 Å². The fourth-order valence-corrected chi connectivity index (χ4v) is 1.36. The summed E-state index contributed by atoms with van der Waals surface area (Å²) in [5, 5.41) is 13.5. The van der Waals surface area contributed by atoms with E-state index >= 15 is 0 Å². The van der Waals surface area contributed by atoms with Crippen LogP contribution in [0.3, 0.4) is 0 Å². The maximum Gasteiger partial charge on any atom is 0.304 e. The predicted octanol–water partition coefficient (Wildman–Crippen LogP) is 1.48. The van der Waals surface area contributed by atoms with Crippen LogP contribution in [0.5, 0.6) is 0 Å². The molecule has 0 unspecified atom stereocenters. The zero-order valence-corrected chi connectivity index (χ0v) is 10.1. The van der Waals surface area contributed by atoms with Crippen LogP contribution in [-0.2, 0) is 9.59 Å². The number of benzene rings is 1. The van der Waals surface area contributed by atoms with Gasteiger partial charge in [-0.3, -0.25) is 9.59 Å². The van der Waals surface area contributed by atoms with Gasteiger partial charge < -0.3 is 15.7 Å². The van der Waals surface area contributed by atoms with E-state index in [1.807, 2.05) is 0 Å². The van der Waals surface area contributed by atoms with Gasteiger partial charge in [-0.2, -0.15) is 0 Å².